The van der Waals surface area contributed by atoms with Crippen molar-refractivity contribution in [1.82, 2.24) is 10.3 Å². The number of rotatable bonds is 1. The van der Waals surface area contributed by atoms with Gasteiger partial charge in [-0.1, -0.05) is 17.7 Å². The zero-order valence-corrected chi connectivity index (χ0v) is 8.88. The molecular weight excluding hydrogens is 212 g/mol. The normalized spacial score (nSPS) is 10.3. The number of benzene rings is 1. The van der Waals surface area contributed by atoms with Crippen molar-refractivity contribution in [1.29, 1.82) is 0 Å². The Kier molecular flexibility index (Phi) is 2.56. The Bertz CT molecular complexity index is 525. The second-order valence-electron chi connectivity index (χ2n) is 3.15. The van der Waals surface area contributed by atoms with Crippen LogP contribution in [0.3, 0.4) is 0 Å². The molecule has 0 bridgehead atoms. The SMILES string of the molecule is CNC(=O)c1ccc2cc(Cl)ncc2c1. The van der Waals surface area contributed by atoms with E-state index in [1.54, 1.807) is 31.4 Å². The van der Waals surface area contributed by atoms with Gasteiger partial charge in [0.05, 0.1) is 0 Å². The number of nitrogens with one attached hydrogen (secondary N) is 1. The van der Waals surface area contributed by atoms with Crippen LogP contribution in [-0.4, -0.2) is 17.9 Å². The third-order valence-electron chi connectivity index (χ3n) is 2.18. The van der Waals surface area contributed by atoms with Gasteiger partial charge in [-0.2, -0.15) is 0 Å². The predicted molar refractivity (Wildman–Crippen MR) is 60.1 cm³/mol. The lowest BCUT2D eigenvalue weighted by Gasteiger charge is -2.02. The van der Waals surface area contributed by atoms with E-state index in [0.717, 1.165) is 10.8 Å². The van der Waals surface area contributed by atoms with Crippen LogP contribution >= 0.6 is 11.6 Å². The lowest BCUT2D eigenvalue weighted by Crippen LogP contribution is -2.17. The second-order valence-corrected chi connectivity index (χ2v) is 3.54. The topological polar surface area (TPSA) is 42.0 Å². The summed E-state index contributed by atoms with van der Waals surface area (Å²) in [4.78, 5) is 15.3. The summed E-state index contributed by atoms with van der Waals surface area (Å²) in [5, 5.41) is 4.90. The number of hydrogen-bond acceptors (Lipinski definition) is 2. The molecule has 2 rings (SSSR count). The molecule has 1 amide bonds. The zero-order chi connectivity index (χ0) is 10.8. The number of hydrogen-bond donors (Lipinski definition) is 1. The molecule has 0 spiro atoms. The van der Waals surface area contributed by atoms with E-state index in [4.69, 9.17) is 11.6 Å². The van der Waals surface area contributed by atoms with Gasteiger partial charge in [-0.15, -0.1) is 0 Å². The molecular formula is C11H9ClN2O. The maximum Gasteiger partial charge on any atom is 0.251 e. The van der Waals surface area contributed by atoms with Crippen molar-refractivity contribution in [3.05, 3.63) is 41.2 Å². The van der Waals surface area contributed by atoms with Gasteiger partial charge in [-0.3, -0.25) is 4.79 Å². The lowest BCUT2D eigenvalue weighted by molar-refractivity contribution is 0.0963. The number of pyridine rings is 1. The summed E-state index contributed by atoms with van der Waals surface area (Å²) in [6, 6.07) is 7.17. The van der Waals surface area contributed by atoms with E-state index in [-0.39, 0.29) is 5.91 Å². The fourth-order valence-corrected chi connectivity index (χ4v) is 1.57. The van der Waals surface area contributed by atoms with Crippen LogP contribution in [-0.2, 0) is 0 Å². The van der Waals surface area contributed by atoms with Gasteiger partial charge in [0, 0.05) is 24.2 Å². The van der Waals surface area contributed by atoms with E-state index in [0.29, 0.717) is 10.7 Å². The first-order valence-corrected chi connectivity index (χ1v) is 4.86. The number of nitrogens with zero attached hydrogens (tertiary/aromatic N) is 1. The molecule has 0 aliphatic carbocycles. The summed E-state index contributed by atoms with van der Waals surface area (Å²) in [6.07, 6.45) is 1.66. The number of halogens is 1. The second kappa shape index (κ2) is 3.87. The highest BCUT2D eigenvalue weighted by Crippen LogP contribution is 2.18. The van der Waals surface area contributed by atoms with Crippen molar-refractivity contribution >= 4 is 28.3 Å². The number of aromatic nitrogens is 1. The molecule has 0 fully saturated rings. The molecule has 15 heavy (non-hydrogen) atoms. The summed E-state index contributed by atoms with van der Waals surface area (Å²) in [6.45, 7) is 0. The Morgan fingerprint density at radius 1 is 1.33 bits per heavy atom. The minimum Gasteiger partial charge on any atom is -0.355 e. The van der Waals surface area contributed by atoms with Gasteiger partial charge in [-0.25, -0.2) is 4.98 Å². The molecule has 76 valence electrons. The first-order chi connectivity index (χ1) is 7.20. The summed E-state index contributed by atoms with van der Waals surface area (Å²) < 4.78 is 0. The van der Waals surface area contributed by atoms with Crippen LogP contribution in [0.2, 0.25) is 5.15 Å². The summed E-state index contributed by atoms with van der Waals surface area (Å²) in [5.41, 5.74) is 0.620. The third-order valence-corrected chi connectivity index (χ3v) is 2.38. The van der Waals surface area contributed by atoms with Gasteiger partial charge in [0.25, 0.3) is 5.91 Å². The Morgan fingerprint density at radius 2 is 2.13 bits per heavy atom. The fourth-order valence-electron chi connectivity index (χ4n) is 1.40. The number of carbonyl (C=O) groups excluding carboxylic acids is 1. The molecule has 0 saturated heterocycles. The van der Waals surface area contributed by atoms with E-state index >= 15 is 0 Å². The van der Waals surface area contributed by atoms with Crippen molar-refractivity contribution in [2.24, 2.45) is 0 Å². The van der Waals surface area contributed by atoms with Gasteiger partial charge >= 0.3 is 0 Å². The van der Waals surface area contributed by atoms with Crippen LogP contribution in [0.25, 0.3) is 10.8 Å². The van der Waals surface area contributed by atoms with Gasteiger partial charge in [0.2, 0.25) is 0 Å². The Balaban J connectivity index is 2.57. The monoisotopic (exact) mass is 220 g/mol. The summed E-state index contributed by atoms with van der Waals surface area (Å²) in [5.74, 6) is -0.105. The van der Waals surface area contributed by atoms with E-state index in [1.165, 1.54) is 0 Å². The van der Waals surface area contributed by atoms with Crippen molar-refractivity contribution in [3.8, 4) is 0 Å². The van der Waals surface area contributed by atoms with Crippen molar-refractivity contribution in [3.63, 3.8) is 0 Å². The highest BCUT2D eigenvalue weighted by molar-refractivity contribution is 6.30. The fraction of sp³-hybridized carbons (Fsp3) is 0.0909. The van der Waals surface area contributed by atoms with Crippen molar-refractivity contribution < 1.29 is 4.79 Å². The minimum atomic E-state index is -0.105. The average Bonchev–Trinajstić information content (AvgIpc) is 2.27. The molecule has 3 nitrogen and oxygen atoms in total. The Hall–Kier alpha value is -1.61. The Morgan fingerprint density at radius 3 is 2.87 bits per heavy atom. The highest BCUT2D eigenvalue weighted by atomic mass is 35.5. The van der Waals surface area contributed by atoms with E-state index in [2.05, 4.69) is 10.3 Å². The van der Waals surface area contributed by atoms with Crippen LogP contribution < -0.4 is 5.32 Å². The molecule has 0 aliphatic rings. The first-order valence-electron chi connectivity index (χ1n) is 4.48. The summed E-state index contributed by atoms with van der Waals surface area (Å²) >= 11 is 5.76. The van der Waals surface area contributed by atoms with Crippen molar-refractivity contribution in [2.75, 3.05) is 7.05 Å². The molecule has 0 aliphatic heterocycles. The minimum absolute atomic E-state index is 0.105. The quantitative estimate of drug-likeness (QED) is 0.749. The van der Waals surface area contributed by atoms with Gasteiger partial charge in [0.15, 0.2) is 0 Å². The molecule has 1 aromatic heterocycles. The predicted octanol–water partition coefficient (Wildman–Crippen LogP) is 2.25. The van der Waals surface area contributed by atoms with Gasteiger partial charge < -0.3 is 5.32 Å². The van der Waals surface area contributed by atoms with Crippen LogP contribution in [0.15, 0.2) is 30.5 Å². The molecule has 0 atom stereocenters. The maximum atomic E-state index is 11.4. The largest absolute Gasteiger partial charge is 0.355 e. The van der Waals surface area contributed by atoms with Crippen LogP contribution in [0.1, 0.15) is 10.4 Å². The molecule has 2 aromatic rings. The smallest absolute Gasteiger partial charge is 0.251 e. The average molecular weight is 221 g/mol. The molecule has 0 unspecified atom stereocenters. The standard InChI is InChI=1S/C11H9ClN2O/c1-13-11(15)8-3-2-7-5-10(12)14-6-9(7)4-8/h2-6H,1H3,(H,13,15). The molecule has 0 saturated carbocycles. The number of carbonyl (C=O) groups is 1. The third kappa shape index (κ3) is 1.92. The molecule has 4 heteroatoms. The summed E-state index contributed by atoms with van der Waals surface area (Å²) in [7, 11) is 1.60. The number of amides is 1. The van der Waals surface area contributed by atoms with Crippen LogP contribution in [0.5, 0.6) is 0 Å². The zero-order valence-electron chi connectivity index (χ0n) is 8.12. The Labute approximate surface area is 92.1 Å². The van der Waals surface area contributed by atoms with Gasteiger partial charge in [0.1, 0.15) is 5.15 Å². The molecule has 1 heterocycles. The van der Waals surface area contributed by atoms with Crippen LogP contribution in [0, 0.1) is 0 Å². The van der Waals surface area contributed by atoms with E-state index < -0.39 is 0 Å². The highest BCUT2D eigenvalue weighted by Gasteiger charge is 2.04. The lowest BCUT2D eigenvalue weighted by atomic mass is 10.1. The molecule has 1 aromatic carbocycles. The van der Waals surface area contributed by atoms with E-state index in [1.807, 2.05) is 6.07 Å². The van der Waals surface area contributed by atoms with Crippen LogP contribution in [0.4, 0.5) is 0 Å². The molecule has 1 N–H and O–H groups in total. The number of fused-ring (bicyclic) bond motifs is 1. The maximum absolute atomic E-state index is 11.4. The first kappa shape index (κ1) is 9.93. The van der Waals surface area contributed by atoms with E-state index in [9.17, 15) is 4.79 Å². The molecule has 0 radical (unpaired) electrons. The van der Waals surface area contributed by atoms with Crippen molar-refractivity contribution in [2.45, 2.75) is 0 Å². The van der Waals surface area contributed by atoms with Gasteiger partial charge in [-0.05, 0) is 23.6 Å².